The normalized spacial score (nSPS) is 16.6. The standard InChI is InChI=1S/C42H33N3/c1-45-41(31-20-10-4-11-21-31)43-40(44-42(45)32-22-12-5-13-23-32)33-26-27-36-37(28-33)39(30-18-8-3-9-19-30)35-25-15-14-24-34(35)38(36)29-16-6-2-7-17-29/h2-28,40-41,43H,1H3. The number of nitrogens with zero attached hydrogens (tertiary/aromatic N) is 2. The summed E-state index contributed by atoms with van der Waals surface area (Å²) >= 11 is 0. The SMILES string of the molecule is CN1C(c2ccccc2)=NC(c2ccc3c(-c4ccccc4)c4ccccc4c(-c4ccccc4)c3c2)NC1c1ccccc1. The highest BCUT2D eigenvalue weighted by Crippen LogP contribution is 2.44. The fourth-order valence-corrected chi connectivity index (χ4v) is 6.82. The van der Waals surface area contributed by atoms with Gasteiger partial charge in [-0.3, -0.25) is 5.32 Å². The number of hydrogen-bond acceptors (Lipinski definition) is 3. The summed E-state index contributed by atoms with van der Waals surface area (Å²) in [7, 11) is 2.12. The highest BCUT2D eigenvalue weighted by Gasteiger charge is 2.30. The van der Waals surface area contributed by atoms with Gasteiger partial charge in [0, 0.05) is 12.6 Å². The molecule has 8 rings (SSSR count). The molecule has 0 aromatic heterocycles. The lowest BCUT2D eigenvalue weighted by molar-refractivity contribution is 0.257. The lowest BCUT2D eigenvalue weighted by atomic mass is 9.85. The van der Waals surface area contributed by atoms with E-state index in [-0.39, 0.29) is 12.3 Å². The van der Waals surface area contributed by atoms with Gasteiger partial charge in [-0.15, -0.1) is 0 Å². The number of hydrogen-bond donors (Lipinski definition) is 1. The second-order valence-electron chi connectivity index (χ2n) is 11.6. The van der Waals surface area contributed by atoms with Crippen LogP contribution in [0, 0.1) is 0 Å². The van der Waals surface area contributed by atoms with Crippen LogP contribution >= 0.6 is 0 Å². The number of amidine groups is 1. The van der Waals surface area contributed by atoms with E-state index >= 15 is 0 Å². The maximum absolute atomic E-state index is 5.36. The summed E-state index contributed by atoms with van der Waals surface area (Å²) < 4.78 is 0. The highest BCUT2D eigenvalue weighted by atomic mass is 15.4. The Labute approximate surface area is 264 Å². The molecule has 45 heavy (non-hydrogen) atoms. The van der Waals surface area contributed by atoms with E-state index in [1.54, 1.807) is 0 Å². The van der Waals surface area contributed by atoms with E-state index in [1.165, 1.54) is 49.4 Å². The third-order valence-electron chi connectivity index (χ3n) is 8.92. The van der Waals surface area contributed by atoms with E-state index in [2.05, 4.69) is 181 Å². The number of nitrogens with one attached hydrogen (secondary N) is 1. The maximum Gasteiger partial charge on any atom is 0.134 e. The molecule has 7 aromatic carbocycles. The van der Waals surface area contributed by atoms with Gasteiger partial charge in [-0.1, -0.05) is 158 Å². The molecule has 0 bridgehead atoms. The minimum absolute atomic E-state index is 0.0373. The van der Waals surface area contributed by atoms with Gasteiger partial charge in [0.05, 0.1) is 0 Å². The van der Waals surface area contributed by atoms with Gasteiger partial charge >= 0.3 is 0 Å². The van der Waals surface area contributed by atoms with Crippen molar-refractivity contribution < 1.29 is 0 Å². The molecule has 7 aromatic rings. The van der Waals surface area contributed by atoms with Crippen LogP contribution in [0.3, 0.4) is 0 Å². The number of rotatable bonds is 5. The van der Waals surface area contributed by atoms with Gasteiger partial charge in [0.15, 0.2) is 0 Å². The van der Waals surface area contributed by atoms with Crippen molar-refractivity contribution in [3.05, 3.63) is 180 Å². The predicted octanol–water partition coefficient (Wildman–Crippen LogP) is 10.0. The molecular formula is C42H33N3. The first-order valence-electron chi connectivity index (χ1n) is 15.5. The van der Waals surface area contributed by atoms with Crippen LogP contribution in [0.5, 0.6) is 0 Å². The Morgan fingerprint density at radius 2 is 0.933 bits per heavy atom. The van der Waals surface area contributed by atoms with Crippen LogP contribution in [0.2, 0.25) is 0 Å². The average molecular weight is 580 g/mol. The third-order valence-corrected chi connectivity index (χ3v) is 8.92. The van der Waals surface area contributed by atoms with Crippen molar-refractivity contribution in [2.45, 2.75) is 12.3 Å². The van der Waals surface area contributed by atoms with E-state index in [1.807, 2.05) is 0 Å². The molecule has 1 N–H and O–H groups in total. The van der Waals surface area contributed by atoms with Crippen LogP contribution in [0.4, 0.5) is 0 Å². The van der Waals surface area contributed by atoms with Crippen LogP contribution in [-0.4, -0.2) is 17.8 Å². The third kappa shape index (κ3) is 4.88. The van der Waals surface area contributed by atoms with Gasteiger partial charge in [-0.05, 0) is 61.0 Å². The first-order valence-corrected chi connectivity index (χ1v) is 15.5. The number of benzene rings is 7. The van der Waals surface area contributed by atoms with Gasteiger partial charge in [0.25, 0.3) is 0 Å². The van der Waals surface area contributed by atoms with Crippen LogP contribution in [0.25, 0.3) is 43.8 Å². The Bertz CT molecular complexity index is 2140. The second kappa shape index (κ2) is 11.5. The number of aliphatic imine (C=N–C) groups is 1. The number of fused-ring (bicyclic) bond motifs is 2. The van der Waals surface area contributed by atoms with E-state index in [0.29, 0.717) is 0 Å². The Kier molecular flexibility index (Phi) is 6.94. The molecule has 0 spiro atoms. The molecule has 0 amide bonds. The van der Waals surface area contributed by atoms with E-state index in [9.17, 15) is 0 Å². The maximum atomic E-state index is 5.36. The second-order valence-corrected chi connectivity index (χ2v) is 11.6. The van der Waals surface area contributed by atoms with Crippen molar-refractivity contribution in [3.8, 4) is 22.3 Å². The van der Waals surface area contributed by atoms with E-state index in [0.717, 1.165) is 17.0 Å². The predicted molar refractivity (Wildman–Crippen MR) is 188 cm³/mol. The van der Waals surface area contributed by atoms with Crippen LogP contribution in [-0.2, 0) is 0 Å². The topological polar surface area (TPSA) is 27.6 Å². The lowest BCUT2D eigenvalue weighted by Crippen LogP contribution is -2.46. The molecule has 0 aliphatic carbocycles. The van der Waals surface area contributed by atoms with E-state index in [4.69, 9.17) is 4.99 Å². The Balaban J connectivity index is 1.39. The molecular weight excluding hydrogens is 546 g/mol. The molecule has 1 heterocycles. The first-order chi connectivity index (χ1) is 22.3. The molecule has 3 nitrogen and oxygen atoms in total. The highest BCUT2D eigenvalue weighted by molar-refractivity contribution is 6.21. The Morgan fingerprint density at radius 1 is 0.467 bits per heavy atom. The molecule has 1 aliphatic heterocycles. The Morgan fingerprint density at radius 3 is 1.51 bits per heavy atom. The average Bonchev–Trinajstić information content (AvgIpc) is 3.12. The van der Waals surface area contributed by atoms with Crippen molar-refractivity contribution in [1.29, 1.82) is 0 Å². The molecule has 0 saturated carbocycles. The van der Waals surface area contributed by atoms with Gasteiger partial charge in [-0.2, -0.15) is 0 Å². The molecule has 0 radical (unpaired) electrons. The van der Waals surface area contributed by atoms with Crippen molar-refractivity contribution in [2.24, 2.45) is 4.99 Å². The molecule has 1 aliphatic rings. The minimum atomic E-state index is -0.235. The molecule has 216 valence electrons. The lowest BCUT2D eigenvalue weighted by Gasteiger charge is -2.39. The molecule has 2 atom stereocenters. The summed E-state index contributed by atoms with van der Waals surface area (Å²) in [6.45, 7) is 0. The fraction of sp³-hybridized carbons (Fsp3) is 0.0714. The zero-order valence-electron chi connectivity index (χ0n) is 25.1. The van der Waals surface area contributed by atoms with E-state index < -0.39 is 0 Å². The van der Waals surface area contributed by atoms with Crippen molar-refractivity contribution >= 4 is 27.4 Å². The van der Waals surface area contributed by atoms with Crippen molar-refractivity contribution in [3.63, 3.8) is 0 Å². The van der Waals surface area contributed by atoms with Gasteiger partial charge in [-0.25, -0.2) is 4.99 Å². The fourth-order valence-electron chi connectivity index (χ4n) is 6.82. The summed E-state index contributed by atoms with van der Waals surface area (Å²) in [6, 6.07) is 58.5. The zero-order chi connectivity index (χ0) is 30.2. The summed E-state index contributed by atoms with van der Waals surface area (Å²) in [4.78, 5) is 7.61. The largest absolute Gasteiger partial charge is 0.340 e. The van der Waals surface area contributed by atoms with Crippen LogP contribution in [0.15, 0.2) is 169 Å². The smallest absolute Gasteiger partial charge is 0.134 e. The summed E-state index contributed by atoms with van der Waals surface area (Å²) in [5, 5.41) is 8.85. The van der Waals surface area contributed by atoms with Crippen LogP contribution < -0.4 is 5.32 Å². The zero-order valence-corrected chi connectivity index (χ0v) is 25.1. The summed E-state index contributed by atoms with van der Waals surface area (Å²) in [5.74, 6) is 0.972. The van der Waals surface area contributed by atoms with Gasteiger partial charge in [0.1, 0.15) is 18.2 Å². The molecule has 0 fully saturated rings. The quantitative estimate of drug-likeness (QED) is 0.206. The van der Waals surface area contributed by atoms with Crippen molar-refractivity contribution in [1.82, 2.24) is 10.2 Å². The summed E-state index contributed by atoms with van der Waals surface area (Å²) in [5.41, 5.74) is 8.39. The minimum Gasteiger partial charge on any atom is -0.340 e. The molecule has 3 heteroatoms. The summed E-state index contributed by atoms with van der Waals surface area (Å²) in [6.07, 6.45) is -0.272. The molecule has 0 saturated heterocycles. The Hall–Kier alpha value is -5.51. The van der Waals surface area contributed by atoms with Gasteiger partial charge in [0.2, 0.25) is 0 Å². The van der Waals surface area contributed by atoms with Gasteiger partial charge < -0.3 is 4.90 Å². The van der Waals surface area contributed by atoms with Crippen LogP contribution in [0.1, 0.15) is 29.0 Å². The van der Waals surface area contributed by atoms with Crippen molar-refractivity contribution in [2.75, 3.05) is 7.05 Å². The first kappa shape index (κ1) is 27.1. The monoisotopic (exact) mass is 579 g/mol. The molecule has 2 unspecified atom stereocenters.